The van der Waals surface area contributed by atoms with Crippen molar-refractivity contribution >= 4 is 12.0 Å². The van der Waals surface area contributed by atoms with E-state index >= 15 is 0 Å². The predicted octanol–water partition coefficient (Wildman–Crippen LogP) is 5.34. The van der Waals surface area contributed by atoms with Gasteiger partial charge < -0.3 is 5.11 Å². The molecule has 4 heteroatoms. The lowest BCUT2D eigenvalue weighted by Crippen LogP contribution is -2.51. The number of carbonyl (C=O) groups excluding carboxylic acids is 1. The van der Waals surface area contributed by atoms with E-state index in [0.29, 0.717) is 30.1 Å². The highest BCUT2D eigenvalue weighted by Gasteiger charge is 2.59. The van der Waals surface area contributed by atoms with Crippen LogP contribution in [0.1, 0.15) is 79.1 Å². The quantitative estimate of drug-likeness (QED) is 0.377. The molecule has 3 fully saturated rings. The summed E-state index contributed by atoms with van der Waals surface area (Å²) < 4.78 is 0. The molecule has 0 amide bonds. The van der Waals surface area contributed by atoms with Crippen molar-refractivity contribution in [1.82, 2.24) is 5.01 Å². The van der Waals surface area contributed by atoms with E-state index in [0.717, 1.165) is 32.1 Å². The molecule has 4 nitrogen and oxygen atoms in total. The highest BCUT2D eigenvalue weighted by atomic mass is 16.3. The Balaban J connectivity index is 1.57. The fourth-order valence-electron chi connectivity index (χ4n) is 7.80. The normalized spacial score (nSPS) is 45.3. The molecule has 0 bridgehead atoms. The second-order valence-corrected chi connectivity index (χ2v) is 11.2. The van der Waals surface area contributed by atoms with Crippen LogP contribution in [0.5, 0.6) is 0 Å². The maximum absolute atomic E-state index is 13.3. The third-order valence-corrected chi connectivity index (χ3v) is 9.49. The topological polar surface area (TPSA) is 52.9 Å². The zero-order chi connectivity index (χ0) is 21.7. The van der Waals surface area contributed by atoms with Crippen molar-refractivity contribution in [2.24, 2.45) is 39.6 Å². The first-order valence-electron chi connectivity index (χ1n) is 12.0. The Morgan fingerprint density at radius 2 is 2.03 bits per heavy atom. The van der Waals surface area contributed by atoms with E-state index in [2.05, 4.69) is 31.6 Å². The number of Topliss-reactive ketones (excluding diaryl/α,β-unsaturated/α-hetero) is 1. The van der Waals surface area contributed by atoms with Crippen molar-refractivity contribution in [1.29, 1.82) is 0 Å². The Morgan fingerprint density at radius 3 is 2.73 bits per heavy atom. The lowest BCUT2D eigenvalue weighted by molar-refractivity contribution is -0.127. The number of hydrogen-bond acceptors (Lipinski definition) is 4. The molecular weight excluding hydrogens is 372 g/mol. The second-order valence-electron chi connectivity index (χ2n) is 11.2. The van der Waals surface area contributed by atoms with E-state index < -0.39 is 5.60 Å². The summed E-state index contributed by atoms with van der Waals surface area (Å²) in [5, 5.41) is 16.6. The van der Waals surface area contributed by atoms with E-state index in [1.807, 2.05) is 13.8 Å². The van der Waals surface area contributed by atoms with E-state index in [-0.39, 0.29) is 16.7 Å². The molecule has 0 aromatic heterocycles. The van der Waals surface area contributed by atoms with Crippen molar-refractivity contribution in [3.8, 4) is 0 Å². The van der Waals surface area contributed by atoms with Gasteiger partial charge in [0.2, 0.25) is 0 Å². The number of nitrogens with zero attached hydrogens (tertiary/aromatic N) is 2. The molecule has 0 radical (unpaired) electrons. The van der Waals surface area contributed by atoms with Gasteiger partial charge >= 0.3 is 0 Å². The zero-order valence-corrected chi connectivity index (χ0v) is 19.4. The molecule has 0 unspecified atom stereocenters. The molecule has 0 spiro atoms. The number of carbonyl (C=O) groups is 1. The SMILES string of the molecule is C=CN(CC(=O)[C@H]1CC[C@H]2[C@@H]3CC[C@@H]4C[C@](C)(O)CC[C@]4(C)C3=CC[C@]12C)/N=C\C. The van der Waals surface area contributed by atoms with E-state index in [1.54, 1.807) is 23.0 Å². The smallest absolute Gasteiger partial charge is 0.157 e. The predicted molar refractivity (Wildman–Crippen MR) is 122 cm³/mol. The number of fused-ring (bicyclic) bond motifs is 5. The molecule has 0 aliphatic heterocycles. The summed E-state index contributed by atoms with van der Waals surface area (Å²) in [7, 11) is 0. The molecule has 4 aliphatic carbocycles. The maximum atomic E-state index is 13.3. The molecule has 1 N–H and O–H groups in total. The van der Waals surface area contributed by atoms with Gasteiger partial charge in [0, 0.05) is 18.3 Å². The van der Waals surface area contributed by atoms with Crippen LogP contribution in [0.25, 0.3) is 0 Å². The third kappa shape index (κ3) is 3.39. The zero-order valence-electron chi connectivity index (χ0n) is 19.4. The average Bonchev–Trinajstić information content (AvgIpc) is 3.05. The van der Waals surface area contributed by atoms with Gasteiger partial charge in [-0.3, -0.25) is 9.80 Å². The summed E-state index contributed by atoms with van der Waals surface area (Å²) in [6, 6.07) is 0. The fourth-order valence-corrected chi connectivity index (χ4v) is 7.80. The van der Waals surface area contributed by atoms with Crippen LogP contribution in [0.3, 0.4) is 0 Å². The van der Waals surface area contributed by atoms with Crippen LogP contribution in [0.2, 0.25) is 0 Å². The molecule has 7 atom stereocenters. The summed E-state index contributed by atoms with van der Waals surface area (Å²) in [5.41, 5.74) is 1.48. The Morgan fingerprint density at radius 1 is 1.27 bits per heavy atom. The summed E-state index contributed by atoms with van der Waals surface area (Å²) in [5.74, 6) is 2.26. The first kappa shape index (κ1) is 21.8. The van der Waals surface area contributed by atoms with Crippen molar-refractivity contribution in [3.63, 3.8) is 0 Å². The van der Waals surface area contributed by atoms with E-state index in [1.165, 1.54) is 19.3 Å². The molecule has 166 valence electrons. The summed E-state index contributed by atoms with van der Waals surface area (Å²) in [6.45, 7) is 12.9. The Labute approximate surface area is 182 Å². The van der Waals surface area contributed by atoms with Crippen LogP contribution in [0.4, 0.5) is 0 Å². The molecule has 4 aliphatic rings. The number of hydrogen-bond donors (Lipinski definition) is 1. The number of hydrazone groups is 1. The summed E-state index contributed by atoms with van der Waals surface area (Å²) >= 11 is 0. The van der Waals surface area contributed by atoms with Gasteiger partial charge in [-0.25, -0.2) is 0 Å². The Kier molecular flexibility index (Phi) is 5.53. The molecule has 0 aromatic rings. The van der Waals surface area contributed by atoms with Crippen molar-refractivity contribution in [3.05, 3.63) is 24.4 Å². The highest BCUT2D eigenvalue weighted by Crippen LogP contribution is 2.66. The molecular formula is C26H40N2O2. The molecule has 0 aromatic carbocycles. The monoisotopic (exact) mass is 412 g/mol. The Hall–Kier alpha value is -1.42. The van der Waals surface area contributed by atoms with Gasteiger partial charge in [0.05, 0.1) is 12.1 Å². The van der Waals surface area contributed by atoms with E-state index in [9.17, 15) is 9.90 Å². The van der Waals surface area contributed by atoms with Gasteiger partial charge in [-0.05, 0) is 93.8 Å². The van der Waals surface area contributed by atoms with Crippen LogP contribution in [-0.4, -0.2) is 34.3 Å². The third-order valence-electron chi connectivity index (χ3n) is 9.49. The van der Waals surface area contributed by atoms with Crippen LogP contribution in [0.15, 0.2) is 29.5 Å². The second kappa shape index (κ2) is 7.62. The van der Waals surface area contributed by atoms with Gasteiger partial charge in [0.25, 0.3) is 0 Å². The first-order valence-corrected chi connectivity index (χ1v) is 12.0. The molecule has 0 saturated heterocycles. The minimum Gasteiger partial charge on any atom is -0.390 e. The lowest BCUT2D eigenvalue weighted by Gasteiger charge is -2.58. The largest absolute Gasteiger partial charge is 0.390 e. The van der Waals surface area contributed by atoms with Gasteiger partial charge in [-0.1, -0.05) is 32.1 Å². The fraction of sp³-hybridized carbons (Fsp3) is 0.769. The van der Waals surface area contributed by atoms with Gasteiger partial charge in [0.15, 0.2) is 5.78 Å². The Bertz CT molecular complexity index is 769. The van der Waals surface area contributed by atoms with Crippen molar-refractivity contribution in [2.45, 2.75) is 84.7 Å². The molecule has 30 heavy (non-hydrogen) atoms. The van der Waals surface area contributed by atoms with Gasteiger partial charge in [-0.2, -0.15) is 5.10 Å². The highest BCUT2D eigenvalue weighted by molar-refractivity contribution is 5.84. The maximum Gasteiger partial charge on any atom is 0.157 e. The number of ketones is 1. The summed E-state index contributed by atoms with van der Waals surface area (Å²) in [6.07, 6.45) is 14.5. The van der Waals surface area contributed by atoms with Crippen molar-refractivity contribution in [2.75, 3.05) is 6.54 Å². The molecule has 4 rings (SSSR count). The number of aliphatic hydroxyl groups is 1. The number of rotatable bonds is 5. The minimum absolute atomic E-state index is 0.0668. The van der Waals surface area contributed by atoms with Gasteiger partial charge in [-0.15, -0.1) is 0 Å². The van der Waals surface area contributed by atoms with Crippen LogP contribution >= 0.6 is 0 Å². The summed E-state index contributed by atoms with van der Waals surface area (Å²) in [4.78, 5) is 13.3. The van der Waals surface area contributed by atoms with Crippen LogP contribution in [0, 0.1) is 34.5 Å². The number of allylic oxidation sites excluding steroid dienone is 2. The molecule has 0 heterocycles. The van der Waals surface area contributed by atoms with E-state index in [4.69, 9.17) is 0 Å². The van der Waals surface area contributed by atoms with Crippen LogP contribution in [-0.2, 0) is 4.79 Å². The lowest BCUT2D eigenvalue weighted by atomic mass is 9.47. The van der Waals surface area contributed by atoms with Crippen molar-refractivity contribution < 1.29 is 9.90 Å². The molecule has 3 saturated carbocycles. The van der Waals surface area contributed by atoms with Gasteiger partial charge in [0.1, 0.15) is 0 Å². The first-order chi connectivity index (χ1) is 14.1. The minimum atomic E-state index is -0.496. The average molecular weight is 413 g/mol. The standard InChI is InChI=1S/C26H40N2O2/c1-6-27-28(7-2)17-23(29)22-11-10-20-19-9-8-18-16-24(3,30)14-15-25(18,4)21(19)12-13-26(20,22)5/h6-7,12,18-20,22,30H,2,8-11,13-17H2,1,3-5H3/b27-6-/t18-,19+,20+,22-,24-,25+,26+/m1/s1. The van der Waals surface area contributed by atoms with Crippen LogP contribution < -0.4 is 0 Å².